The molecular weight excluding hydrogens is 265 g/mol. The summed E-state index contributed by atoms with van der Waals surface area (Å²) in [6.45, 7) is 1.81. The quantitative estimate of drug-likeness (QED) is 0.789. The predicted molar refractivity (Wildman–Crippen MR) is 78.1 cm³/mol. The van der Waals surface area contributed by atoms with Crippen LogP contribution in [0, 0.1) is 0 Å². The molecule has 0 aliphatic heterocycles. The lowest BCUT2D eigenvalue weighted by Crippen LogP contribution is -2.17. The van der Waals surface area contributed by atoms with E-state index in [1.54, 1.807) is 0 Å². The Morgan fingerprint density at radius 1 is 0.722 bits per heavy atom. The van der Waals surface area contributed by atoms with E-state index < -0.39 is 0 Å². The molecule has 0 aromatic heterocycles. The van der Waals surface area contributed by atoms with Gasteiger partial charge in [0.2, 0.25) is 0 Å². The molecule has 18 heavy (non-hydrogen) atoms. The molecule has 2 rings (SSSR count). The first-order valence-corrected chi connectivity index (χ1v) is 6.56. The van der Waals surface area contributed by atoms with E-state index in [0.29, 0.717) is 0 Å². The largest absolute Gasteiger partial charge is 0.298 e. The van der Waals surface area contributed by atoms with Gasteiger partial charge in [0.25, 0.3) is 0 Å². The van der Waals surface area contributed by atoms with Crippen molar-refractivity contribution in [1.82, 2.24) is 4.90 Å². The Balaban J connectivity index is 1.94. The third-order valence-electron chi connectivity index (χ3n) is 2.73. The minimum Gasteiger partial charge on any atom is -0.298 e. The molecule has 0 atom stereocenters. The van der Waals surface area contributed by atoms with Crippen LogP contribution < -0.4 is 0 Å². The van der Waals surface area contributed by atoms with E-state index in [1.165, 1.54) is 11.1 Å². The Labute approximate surface area is 118 Å². The van der Waals surface area contributed by atoms with Crippen LogP contribution in [0.4, 0.5) is 0 Å². The van der Waals surface area contributed by atoms with Crippen LogP contribution in [0.2, 0.25) is 10.0 Å². The molecule has 94 valence electrons. The fourth-order valence-corrected chi connectivity index (χ4v) is 2.11. The minimum absolute atomic E-state index is 0.777. The summed E-state index contributed by atoms with van der Waals surface area (Å²) in [5.41, 5.74) is 2.52. The van der Waals surface area contributed by atoms with Gasteiger partial charge in [0.05, 0.1) is 0 Å². The van der Waals surface area contributed by atoms with Crippen molar-refractivity contribution >= 4 is 23.2 Å². The van der Waals surface area contributed by atoms with Gasteiger partial charge in [-0.15, -0.1) is 0 Å². The Kier molecular flexibility index (Phi) is 4.65. The zero-order valence-corrected chi connectivity index (χ0v) is 11.7. The van der Waals surface area contributed by atoms with Crippen LogP contribution in [0.1, 0.15) is 11.1 Å². The summed E-state index contributed by atoms with van der Waals surface area (Å²) in [6.07, 6.45) is 0. The van der Waals surface area contributed by atoms with Crippen molar-refractivity contribution in [2.24, 2.45) is 0 Å². The Hall–Kier alpha value is -1.02. The normalized spacial score (nSPS) is 10.9. The minimum atomic E-state index is 0.777. The van der Waals surface area contributed by atoms with E-state index in [4.69, 9.17) is 23.2 Å². The Bertz CT molecular complexity index is 443. The van der Waals surface area contributed by atoms with E-state index in [0.717, 1.165) is 23.1 Å². The first-order valence-electron chi connectivity index (χ1n) is 5.81. The van der Waals surface area contributed by atoms with Gasteiger partial charge >= 0.3 is 0 Å². The molecule has 2 aromatic carbocycles. The number of hydrogen-bond donors (Lipinski definition) is 0. The summed E-state index contributed by atoms with van der Waals surface area (Å²) in [7, 11) is 2.10. The first kappa shape index (κ1) is 13.4. The maximum absolute atomic E-state index is 5.87. The fourth-order valence-electron chi connectivity index (χ4n) is 1.86. The number of rotatable bonds is 4. The van der Waals surface area contributed by atoms with Gasteiger partial charge in [-0.25, -0.2) is 0 Å². The van der Waals surface area contributed by atoms with E-state index in [1.807, 2.05) is 24.3 Å². The molecule has 0 radical (unpaired) electrons. The molecular formula is C15H15Cl2N. The molecule has 0 saturated heterocycles. The summed E-state index contributed by atoms with van der Waals surface area (Å²) in [5, 5.41) is 1.55. The number of benzene rings is 2. The zero-order valence-electron chi connectivity index (χ0n) is 10.2. The molecule has 0 N–H and O–H groups in total. The molecule has 0 saturated carbocycles. The highest BCUT2D eigenvalue weighted by molar-refractivity contribution is 6.30. The van der Waals surface area contributed by atoms with Crippen LogP contribution in [-0.2, 0) is 13.1 Å². The van der Waals surface area contributed by atoms with Crippen molar-refractivity contribution < 1.29 is 0 Å². The van der Waals surface area contributed by atoms with Gasteiger partial charge < -0.3 is 0 Å². The topological polar surface area (TPSA) is 3.24 Å². The van der Waals surface area contributed by atoms with E-state index >= 15 is 0 Å². The van der Waals surface area contributed by atoms with Crippen LogP contribution in [-0.4, -0.2) is 11.9 Å². The Morgan fingerprint density at radius 2 is 1.06 bits per heavy atom. The first-order chi connectivity index (χ1) is 8.63. The SMILES string of the molecule is CN(Cc1ccc(Cl)cc1)Cc1ccc(Cl)cc1. The molecule has 0 amide bonds. The smallest absolute Gasteiger partial charge is 0.0406 e. The maximum Gasteiger partial charge on any atom is 0.0406 e. The summed E-state index contributed by atoms with van der Waals surface area (Å²) in [4.78, 5) is 2.26. The molecule has 1 nitrogen and oxygen atoms in total. The highest BCUT2D eigenvalue weighted by Gasteiger charge is 2.02. The second-order valence-electron chi connectivity index (χ2n) is 4.43. The van der Waals surface area contributed by atoms with Crippen LogP contribution in [0.3, 0.4) is 0 Å². The lowest BCUT2D eigenvalue weighted by molar-refractivity contribution is 0.319. The molecule has 0 fully saturated rings. The van der Waals surface area contributed by atoms with Crippen molar-refractivity contribution in [3.63, 3.8) is 0 Å². The molecule has 3 heteroatoms. The van der Waals surface area contributed by atoms with Crippen LogP contribution in [0.25, 0.3) is 0 Å². The standard InChI is InChI=1S/C15H15Cl2N/c1-18(10-12-2-6-14(16)7-3-12)11-13-4-8-15(17)9-5-13/h2-9H,10-11H2,1H3. The van der Waals surface area contributed by atoms with Gasteiger partial charge in [-0.3, -0.25) is 4.90 Å². The van der Waals surface area contributed by atoms with Crippen LogP contribution >= 0.6 is 23.2 Å². The third-order valence-corrected chi connectivity index (χ3v) is 3.24. The van der Waals surface area contributed by atoms with Crippen molar-refractivity contribution in [1.29, 1.82) is 0 Å². The van der Waals surface area contributed by atoms with E-state index in [2.05, 4.69) is 36.2 Å². The summed E-state index contributed by atoms with van der Waals surface area (Å²) >= 11 is 11.7. The van der Waals surface area contributed by atoms with Crippen molar-refractivity contribution in [3.05, 3.63) is 69.7 Å². The van der Waals surface area contributed by atoms with Gasteiger partial charge in [0.15, 0.2) is 0 Å². The second-order valence-corrected chi connectivity index (χ2v) is 5.30. The number of nitrogens with zero attached hydrogens (tertiary/aromatic N) is 1. The van der Waals surface area contributed by atoms with Crippen molar-refractivity contribution in [3.8, 4) is 0 Å². The van der Waals surface area contributed by atoms with Gasteiger partial charge in [-0.1, -0.05) is 47.5 Å². The monoisotopic (exact) mass is 279 g/mol. The highest BCUT2D eigenvalue weighted by atomic mass is 35.5. The van der Waals surface area contributed by atoms with Crippen LogP contribution in [0.5, 0.6) is 0 Å². The lowest BCUT2D eigenvalue weighted by Gasteiger charge is -2.16. The molecule has 0 unspecified atom stereocenters. The molecule has 0 aliphatic carbocycles. The fraction of sp³-hybridized carbons (Fsp3) is 0.200. The van der Waals surface area contributed by atoms with Crippen LogP contribution in [0.15, 0.2) is 48.5 Å². The molecule has 2 aromatic rings. The summed E-state index contributed by atoms with van der Waals surface area (Å²) in [6, 6.07) is 15.9. The number of hydrogen-bond acceptors (Lipinski definition) is 1. The molecule has 0 aliphatic rings. The third kappa shape index (κ3) is 4.02. The average Bonchev–Trinajstić information content (AvgIpc) is 2.35. The van der Waals surface area contributed by atoms with Gasteiger partial charge in [-0.2, -0.15) is 0 Å². The number of halogens is 2. The summed E-state index contributed by atoms with van der Waals surface area (Å²) < 4.78 is 0. The maximum atomic E-state index is 5.87. The van der Waals surface area contributed by atoms with Gasteiger partial charge in [0.1, 0.15) is 0 Å². The molecule has 0 heterocycles. The lowest BCUT2D eigenvalue weighted by atomic mass is 10.2. The van der Waals surface area contributed by atoms with E-state index in [-0.39, 0.29) is 0 Å². The second kappa shape index (κ2) is 6.24. The predicted octanol–water partition coefficient (Wildman–Crippen LogP) is 4.63. The van der Waals surface area contributed by atoms with Crippen molar-refractivity contribution in [2.45, 2.75) is 13.1 Å². The Morgan fingerprint density at radius 3 is 1.39 bits per heavy atom. The van der Waals surface area contributed by atoms with Gasteiger partial charge in [0, 0.05) is 23.1 Å². The molecule has 0 bridgehead atoms. The highest BCUT2D eigenvalue weighted by Crippen LogP contribution is 2.14. The van der Waals surface area contributed by atoms with Gasteiger partial charge in [-0.05, 0) is 42.4 Å². The summed E-state index contributed by atoms with van der Waals surface area (Å²) in [5.74, 6) is 0. The molecule has 0 spiro atoms. The average molecular weight is 280 g/mol. The zero-order chi connectivity index (χ0) is 13.0. The van der Waals surface area contributed by atoms with Crippen molar-refractivity contribution in [2.75, 3.05) is 7.05 Å². The van der Waals surface area contributed by atoms with E-state index in [9.17, 15) is 0 Å².